The van der Waals surface area contributed by atoms with Gasteiger partial charge in [-0.3, -0.25) is 19.6 Å². The van der Waals surface area contributed by atoms with Gasteiger partial charge >= 0.3 is 24.2 Å². The third-order valence-electron chi connectivity index (χ3n) is 2.57. The number of hydrogen-bond acceptors (Lipinski definition) is 8. The number of carboxylic acids is 2. The SMILES string of the molecule is NC(N)=NCCCC(N)C(=O)O.NC(N)=NCCCC(N)C(=O)O.O=C(O)O.O=C(O)O. The number of carboxylic acid groups (broad SMARTS) is 6. The number of nitrogens with zero attached hydrogens (tertiary/aromatic N) is 2. The van der Waals surface area contributed by atoms with Crippen LogP contribution in [0.5, 0.6) is 0 Å². The maximum Gasteiger partial charge on any atom is 0.503 e. The highest BCUT2D eigenvalue weighted by Crippen LogP contribution is 1.95. The molecular formula is C14H32N8O10. The van der Waals surface area contributed by atoms with Crippen molar-refractivity contribution in [2.45, 2.75) is 37.8 Å². The maximum absolute atomic E-state index is 10.2. The van der Waals surface area contributed by atoms with Crippen LogP contribution in [0.4, 0.5) is 9.59 Å². The molecule has 0 aliphatic carbocycles. The second kappa shape index (κ2) is 23.2. The molecule has 0 saturated heterocycles. The molecule has 188 valence electrons. The molecule has 0 heterocycles. The highest BCUT2D eigenvalue weighted by Gasteiger charge is 2.10. The summed E-state index contributed by atoms with van der Waals surface area (Å²) < 4.78 is 0. The van der Waals surface area contributed by atoms with E-state index in [0.29, 0.717) is 38.8 Å². The molecule has 2 unspecified atom stereocenters. The fourth-order valence-corrected chi connectivity index (χ4v) is 1.29. The molecule has 0 bridgehead atoms. The lowest BCUT2D eigenvalue weighted by atomic mass is 10.2. The third kappa shape index (κ3) is 50.1. The highest BCUT2D eigenvalue weighted by molar-refractivity contribution is 5.76. The number of hydrogen-bond donors (Lipinski definition) is 12. The summed E-state index contributed by atoms with van der Waals surface area (Å²) in [5, 5.41) is 44.6. The number of rotatable bonds is 10. The zero-order valence-corrected chi connectivity index (χ0v) is 17.1. The Labute approximate surface area is 182 Å². The van der Waals surface area contributed by atoms with Crippen LogP contribution in [0.2, 0.25) is 0 Å². The summed E-state index contributed by atoms with van der Waals surface area (Å²) in [6.07, 6.45) is -1.76. The van der Waals surface area contributed by atoms with Crippen LogP contribution in [0, 0.1) is 0 Å². The topological polar surface area (TPSA) is 371 Å². The average Bonchev–Trinajstić information content (AvgIpc) is 2.61. The van der Waals surface area contributed by atoms with Crippen molar-refractivity contribution in [1.29, 1.82) is 0 Å². The zero-order chi connectivity index (χ0) is 26.3. The van der Waals surface area contributed by atoms with Crippen molar-refractivity contribution in [3.8, 4) is 0 Å². The number of aliphatic imine (C=N–C) groups is 2. The highest BCUT2D eigenvalue weighted by atomic mass is 16.6. The van der Waals surface area contributed by atoms with Crippen molar-refractivity contribution in [2.24, 2.45) is 44.4 Å². The smallest absolute Gasteiger partial charge is 0.480 e. The molecule has 18 N–H and O–H groups in total. The molecule has 2 atom stereocenters. The number of carbonyl (C=O) groups is 4. The van der Waals surface area contributed by atoms with Gasteiger partial charge in [-0.15, -0.1) is 0 Å². The van der Waals surface area contributed by atoms with Gasteiger partial charge < -0.3 is 65.0 Å². The Bertz CT molecular complexity index is 546. The van der Waals surface area contributed by atoms with Crippen LogP contribution >= 0.6 is 0 Å². The Morgan fingerprint density at radius 3 is 0.969 bits per heavy atom. The molecule has 0 saturated carbocycles. The summed E-state index contributed by atoms with van der Waals surface area (Å²) in [4.78, 5) is 44.9. The molecule has 0 spiro atoms. The molecule has 0 aromatic rings. The van der Waals surface area contributed by atoms with Gasteiger partial charge in [-0.2, -0.15) is 0 Å². The zero-order valence-electron chi connectivity index (χ0n) is 17.1. The van der Waals surface area contributed by atoms with E-state index in [1.807, 2.05) is 0 Å². The van der Waals surface area contributed by atoms with Crippen molar-refractivity contribution in [1.82, 2.24) is 0 Å². The maximum atomic E-state index is 10.2. The Balaban J connectivity index is -0.000000184. The fraction of sp³-hybridized carbons (Fsp3) is 0.571. The molecule has 0 aromatic heterocycles. The van der Waals surface area contributed by atoms with Gasteiger partial charge in [-0.25, -0.2) is 9.59 Å². The second-order valence-corrected chi connectivity index (χ2v) is 5.35. The van der Waals surface area contributed by atoms with Gasteiger partial charge in [-0.05, 0) is 25.7 Å². The van der Waals surface area contributed by atoms with Crippen molar-refractivity contribution in [2.75, 3.05) is 13.1 Å². The minimum absolute atomic E-state index is 0.0129. The minimum atomic E-state index is -1.83. The summed E-state index contributed by atoms with van der Waals surface area (Å²) in [6.45, 7) is 0.840. The van der Waals surface area contributed by atoms with E-state index < -0.39 is 36.3 Å². The van der Waals surface area contributed by atoms with Crippen molar-refractivity contribution in [3.63, 3.8) is 0 Å². The quantitative estimate of drug-likeness (QED) is 0.0876. The minimum Gasteiger partial charge on any atom is -0.480 e. The van der Waals surface area contributed by atoms with Gasteiger partial charge in [0.25, 0.3) is 0 Å². The van der Waals surface area contributed by atoms with Crippen LogP contribution in [0.1, 0.15) is 25.7 Å². The first-order valence-electron chi connectivity index (χ1n) is 8.45. The molecule has 32 heavy (non-hydrogen) atoms. The van der Waals surface area contributed by atoms with E-state index in [1.165, 1.54) is 0 Å². The van der Waals surface area contributed by atoms with E-state index in [1.54, 1.807) is 0 Å². The molecule has 0 amide bonds. The van der Waals surface area contributed by atoms with Crippen LogP contribution in [0.25, 0.3) is 0 Å². The first kappa shape index (κ1) is 35.4. The summed E-state index contributed by atoms with van der Waals surface area (Å²) in [5.74, 6) is -1.97. The van der Waals surface area contributed by atoms with Gasteiger partial charge in [0.1, 0.15) is 12.1 Å². The molecule has 0 radical (unpaired) electrons. The van der Waals surface area contributed by atoms with Crippen LogP contribution < -0.4 is 34.4 Å². The number of nitrogens with two attached hydrogens (primary N) is 6. The average molecular weight is 472 g/mol. The van der Waals surface area contributed by atoms with Gasteiger partial charge in [0.15, 0.2) is 11.9 Å². The Kier molecular flexibility index (Phi) is 25.7. The van der Waals surface area contributed by atoms with Gasteiger partial charge in [0.05, 0.1) is 0 Å². The molecule has 18 heteroatoms. The normalized spacial score (nSPS) is 10.6. The summed E-state index contributed by atoms with van der Waals surface area (Å²) >= 11 is 0. The van der Waals surface area contributed by atoms with Crippen molar-refractivity contribution in [3.05, 3.63) is 0 Å². The monoisotopic (exact) mass is 472 g/mol. The lowest BCUT2D eigenvalue weighted by molar-refractivity contribution is -0.139. The first-order chi connectivity index (χ1) is 14.5. The molecule has 0 aliphatic heterocycles. The predicted octanol–water partition coefficient (Wildman–Crippen LogP) is -2.65. The number of aliphatic carboxylic acids is 2. The van der Waals surface area contributed by atoms with Gasteiger partial charge in [-0.1, -0.05) is 0 Å². The first-order valence-corrected chi connectivity index (χ1v) is 8.45. The molecular weight excluding hydrogens is 440 g/mol. The van der Waals surface area contributed by atoms with E-state index in [2.05, 4.69) is 9.98 Å². The number of guanidine groups is 2. The predicted molar refractivity (Wildman–Crippen MR) is 112 cm³/mol. The van der Waals surface area contributed by atoms with E-state index in [-0.39, 0.29) is 11.9 Å². The van der Waals surface area contributed by atoms with Gasteiger partial charge in [0, 0.05) is 13.1 Å². The standard InChI is InChI=1S/2C6H14N4O2.2CH2O3/c2*7-4(5(11)12)2-1-3-10-6(8)9;2*2-1(3)4/h2*4H,1-3,7H2,(H,11,12)(H4,8,9,10);2*(H2,2,3,4). The van der Waals surface area contributed by atoms with Crippen LogP contribution in [0.3, 0.4) is 0 Å². The Hall–Kier alpha value is -4.06. The molecule has 0 rings (SSSR count). The van der Waals surface area contributed by atoms with E-state index in [4.69, 9.17) is 74.6 Å². The van der Waals surface area contributed by atoms with Crippen molar-refractivity contribution < 1.29 is 49.8 Å². The fourth-order valence-electron chi connectivity index (χ4n) is 1.29. The van der Waals surface area contributed by atoms with Crippen LogP contribution in [-0.4, -0.2) is 92.0 Å². The van der Waals surface area contributed by atoms with Crippen LogP contribution in [-0.2, 0) is 9.59 Å². The van der Waals surface area contributed by atoms with Gasteiger partial charge in [0.2, 0.25) is 0 Å². The third-order valence-corrected chi connectivity index (χ3v) is 2.57. The van der Waals surface area contributed by atoms with Crippen LogP contribution in [0.15, 0.2) is 9.98 Å². The van der Waals surface area contributed by atoms with Crippen molar-refractivity contribution >= 4 is 36.2 Å². The van der Waals surface area contributed by atoms with E-state index in [0.717, 1.165) is 0 Å². The Morgan fingerprint density at radius 2 is 0.812 bits per heavy atom. The Morgan fingerprint density at radius 1 is 0.594 bits per heavy atom. The summed E-state index contributed by atoms with van der Waals surface area (Å²) in [6, 6.07) is -1.64. The molecule has 0 fully saturated rings. The summed E-state index contributed by atoms with van der Waals surface area (Å²) in [5.41, 5.74) is 30.6. The lowest BCUT2D eigenvalue weighted by Crippen LogP contribution is -2.30. The largest absolute Gasteiger partial charge is 0.503 e. The summed E-state index contributed by atoms with van der Waals surface area (Å²) in [7, 11) is 0. The molecule has 0 aliphatic rings. The molecule has 0 aromatic carbocycles. The second-order valence-electron chi connectivity index (χ2n) is 5.35. The molecule has 18 nitrogen and oxygen atoms in total. The lowest BCUT2D eigenvalue weighted by Gasteiger charge is -2.03. The van der Waals surface area contributed by atoms with E-state index in [9.17, 15) is 9.59 Å². The van der Waals surface area contributed by atoms with E-state index >= 15 is 0 Å².